The Morgan fingerprint density at radius 3 is 2.89 bits per heavy atom. The van der Waals surface area contributed by atoms with Crippen LogP contribution in [0, 0.1) is 0 Å². The summed E-state index contributed by atoms with van der Waals surface area (Å²) in [6.07, 6.45) is 0. The van der Waals surface area contributed by atoms with Gasteiger partial charge in [0.15, 0.2) is 0 Å². The average molecular weight is 146 g/mol. The first kappa shape index (κ1) is 7.38. The zero-order valence-electron chi connectivity index (χ0n) is 5.76. The van der Waals surface area contributed by atoms with Crippen LogP contribution in [-0.2, 0) is 0 Å². The zero-order chi connectivity index (χ0) is 6.69. The van der Waals surface area contributed by atoms with Gasteiger partial charge in [0.05, 0.1) is 0 Å². The highest BCUT2D eigenvalue weighted by Crippen LogP contribution is 2.15. The van der Waals surface area contributed by atoms with Gasteiger partial charge in [0.1, 0.15) is 0 Å². The Balaban J connectivity index is 2.22. The first-order valence-corrected chi connectivity index (χ1v) is 4.47. The summed E-state index contributed by atoms with van der Waals surface area (Å²) >= 11 is 1.96. The molecule has 1 heterocycles. The van der Waals surface area contributed by atoms with E-state index in [4.69, 9.17) is 5.73 Å². The van der Waals surface area contributed by atoms with Crippen LogP contribution in [0.15, 0.2) is 0 Å². The van der Waals surface area contributed by atoms with Gasteiger partial charge in [0, 0.05) is 24.4 Å². The number of rotatable bonds is 2. The average Bonchev–Trinajstić information content (AvgIpc) is 2.18. The summed E-state index contributed by atoms with van der Waals surface area (Å²) in [5.74, 6) is 1.18. The van der Waals surface area contributed by atoms with Gasteiger partial charge in [0.25, 0.3) is 0 Å². The van der Waals surface area contributed by atoms with E-state index in [1.165, 1.54) is 5.75 Å². The second kappa shape index (κ2) is 3.44. The Kier molecular flexibility index (Phi) is 2.82. The van der Waals surface area contributed by atoms with E-state index in [1.54, 1.807) is 0 Å². The van der Waals surface area contributed by atoms with Gasteiger partial charge >= 0.3 is 0 Å². The fourth-order valence-electron chi connectivity index (χ4n) is 1.07. The molecule has 9 heavy (non-hydrogen) atoms. The topological polar surface area (TPSA) is 38.0 Å². The van der Waals surface area contributed by atoms with Gasteiger partial charge < -0.3 is 11.1 Å². The zero-order valence-corrected chi connectivity index (χ0v) is 6.58. The van der Waals surface area contributed by atoms with Gasteiger partial charge in [-0.25, -0.2) is 0 Å². The van der Waals surface area contributed by atoms with E-state index in [-0.39, 0.29) is 0 Å². The minimum Gasteiger partial charge on any atom is -0.326 e. The number of thioether (sulfide) groups is 1. The van der Waals surface area contributed by atoms with Crippen LogP contribution in [0.3, 0.4) is 0 Å². The number of hydrogen-bond donors (Lipinski definition) is 2. The molecule has 1 saturated heterocycles. The number of nitrogens with two attached hydrogens (primary N) is 1. The predicted molar refractivity (Wildman–Crippen MR) is 42.8 cm³/mol. The van der Waals surface area contributed by atoms with Crippen LogP contribution >= 0.6 is 11.8 Å². The molecule has 0 bridgehead atoms. The van der Waals surface area contributed by atoms with Crippen LogP contribution in [0.2, 0.25) is 0 Å². The molecule has 0 aromatic heterocycles. The predicted octanol–water partition coefficient (Wildman–Crippen LogP) is 0.0386. The quantitative estimate of drug-likeness (QED) is 0.577. The highest BCUT2D eigenvalue weighted by atomic mass is 32.2. The lowest BCUT2D eigenvalue weighted by atomic mass is 10.3. The van der Waals surface area contributed by atoms with Crippen molar-refractivity contribution in [3.8, 4) is 0 Å². The molecule has 3 heteroatoms. The molecule has 1 aliphatic heterocycles. The van der Waals surface area contributed by atoms with Gasteiger partial charge in [0.2, 0.25) is 0 Å². The van der Waals surface area contributed by atoms with Crippen molar-refractivity contribution in [1.82, 2.24) is 5.32 Å². The largest absolute Gasteiger partial charge is 0.326 e. The molecule has 3 N–H and O–H groups in total. The van der Waals surface area contributed by atoms with E-state index in [1.807, 2.05) is 11.8 Å². The molecule has 0 aromatic rings. The molecule has 0 aromatic carbocycles. The fraction of sp³-hybridized carbons (Fsp3) is 1.00. The Hall–Kier alpha value is 0.270. The third kappa shape index (κ3) is 1.85. The highest BCUT2D eigenvalue weighted by molar-refractivity contribution is 7.99. The maximum Gasteiger partial charge on any atom is 0.0336 e. The number of hydrogen-bond acceptors (Lipinski definition) is 3. The van der Waals surface area contributed by atoms with E-state index in [9.17, 15) is 0 Å². The van der Waals surface area contributed by atoms with Gasteiger partial charge in [-0.15, -0.1) is 0 Å². The molecule has 0 unspecified atom stereocenters. The molecule has 1 rings (SSSR count). The van der Waals surface area contributed by atoms with Gasteiger partial charge in [-0.2, -0.15) is 11.8 Å². The summed E-state index contributed by atoms with van der Waals surface area (Å²) in [6.45, 7) is 4.27. The molecule has 2 nitrogen and oxygen atoms in total. The molecule has 0 amide bonds. The van der Waals surface area contributed by atoms with E-state index in [2.05, 4.69) is 12.2 Å². The van der Waals surface area contributed by atoms with Crippen molar-refractivity contribution in [3.63, 3.8) is 0 Å². The van der Waals surface area contributed by atoms with Crippen molar-refractivity contribution in [1.29, 1.82) is 0 Å². The van der Waals surface area contributed by atoms with Crippen molar-refractivity contribution in [2.45, 2.75) is 18.2 Å². The van der Waals surface area contributed by atoms with Crippen LogP contribution in [0.1, 0.15) is 6.92 Å². The SMILES string of the molecule is CCS[C@@H]1CNC[C@H]1N. The molecule has 0 saturated carbocycles. The normalized spacial score (nSPS) is 35.3. The molecular formula is C6H14N2S. The van der Waals surface area contributed by atoms with Gasteiger partial charge in [-0.05, 0) is 5.75 Å². The van der Waals surface area contributed by atoms with Crippen molar-refractivity contribution in [3.05, 3.63) is 0 Å². The molecular weight excluding hydrogens is 132 g/mol. The molecule has 0 spiro atoms. The Bertz CT molecular complexity index is 87.1. The van der Waals surface area contributed by atoms with E-state index >= 15 is 0 Å². The maximum atomic E-state index is 5.78. The van der Waals surface area contributed by atoms with Gasteiger partial charge in [-0.3, -0.25) is 0 Å². The Morgan fingerprint density at radius 1 is 1.67 bits per heavy atom. The van der Waals surface area contributed by atoms with E-state index < -0.39 is 0 Å². The summed E-state index contributed by atoms with van der Waals surface area (Å²) in [5.41, 5.74) is 5.78. The second-order valence-corrected chi connectivity index (χ2v) is 3.83. The van der Waals surface area contributed by atoms with Crippen molar-refractivity contribution in [2.75, 3.05) is 18.8 Å². The summed E-state index contributed by atoms with van der Waals surface area (Å²) in [4.78, 5) is 0. The van der Waals surface area contributed by atoms with E-state index in [0.29, 0.717) is 11.3 Å². The third-order valence-corrected chi connectivity index (χ3v) is 2.86. The summed E-state index contributed by atoms with van der Waals surface area (Å²) in [7, 11) is 0. The lowest BCUT2D eigenvalue weighted by Gasteiger charge is -2.10. The molecule has 1 fully saturated rings. The summed E-state index contributed by atoms with van der Waals surface area (Å²) < 4.78 is 0. The van der Waals surface area contributed by atoms with Crippen LogP contribution in [-0.4, -0.2) is 30.1 Å². The fourth-order valence-corrected chi connectivity index (χ4v) is 2.08. The summed E-state index contributed by atoms with van der Waals surface area (Å²) in [5, 5.41) is 3.92. The minimum absolute atomic E-state index is 0.384. The van der Waals surface area contributed by atoms with Crippen molar-refractivity contribution in [2.24, 2.45) is 5.73 Å². The highest BCUT2D eigenvalue weighted by Gasteiger charge is 2.22. The maximum absolute atomic E-state index is 5.78. The Labute approximate surface area is 60.6 Å². The lowest BCUT2D eigenvalue weighted by molar-refractivity contribution is 0.751. The molecule has 54 valence electrons. The molecule has 2 atom stereocenters. The first-order chi connectivity index (χ1) is 4.34. The monoisotopic (exact) mass is 146 g/mol. The van der Waals surface area contributed by atoms with Crippen LogP contribution in [0.4, 0.5) is 0 Å². The smallest absolute Gasteiger partial charge is 0.0336 e. The van der Waals surface area contributed by atoms with Crippen LogP contribution < -0.4 is 11.1 Å². The van der Waals surface area contributed by atoms with Gasteiger partial charge in [-0.1, -0.05) is 6.92 Å². The number of nitrogens with one attached hydrogen (secondary N) is 1. The molecule has 0 radical (unpaired) electrons. The standard InChI is InChI=1S/C6H14N2S/c1-2-9-6-4-8-3-5(6)7/h5-6,8H,2-4,7H2,1H3/t5-,6-/m1/s1. The minimum atomic E-state index is 0.384. The molecule has 0 aliphatic carbocycles. The first-order valence-electron chi connectivity index (χ1n) is 3.42. The summed E-state index contributed by atoms with van der Waals surface area (Å²) in [6, 6.07) is 0.384. The van der Waals surface area contributed by atoms with Crippen molar-refractivity contribution >= 4 is 11.8 Å². The molecule has 1 aliphatic rings. The van der Waals surface area contributed by atoms with Crippen LogP contribution in [0.25, 0.3) is 0 Å². The van der Waals surface area contributed by atoms with Crippen molar-refractivity contribution < 1.29 is 0 Å². The second-order valence-electron chi connectivity index (χ2n) is 2.32. The lowest BCUT2D eigenvalue weighted by Crippen LogP contribution is -2.30. The third-order valence-electron chi connectivity index (χ3n) is 1.58. The van der Waals surface area contributed by atoms with Crippen LogP contribution in [0.5, 0.6) is 0 Å². The van der Waals surface area contributed by atoms with E-state index in [0.717, 1.165) is 13.1 Å². The Morgan fingerprint density at radius 2 is 2.44 bits per heavy atom.